The summed E-state index contributed by atoms with van der Waals surface area (Å²) in [6, 6.07) is 11.4. The van der Waals surface area contributed by atoms with E-state index in [1.807, 2.05) is 42.6 Å². The standard InChI is InChI=1S/C16H15N5O/c22-16(14-11-17-8-9-18-14)20-15(12-21-10-4-7-19-21)13-5-2-1-3-6-13/h1-11,15H,12H2,(H,20,22)/t15-/m1/s1. The van der Waals surface area contributed by atoms with E-state index in [-0.39, 0.29) is 11.9 Å². The molecule has 0 radical (unpaired) electrons. The lowest BCUT2D eigenvalue weighted by atomic mass is 10.1. The number of benzene rings is 1. The van der Waals surface area contributed by atoms with Gasteiger partial charge in [-0.15, -0.1) is 0 Å². The molecule has 0 saturated carbocycles. The van der Waals surface area contributed by atoms with Crippen molar-refractivity contribution < 1.29 is 4.79 Å². The zero-order valence-corrected chi connectivity index (χ0v) is 11.8. The van der Waals surface area contributed by atoms with Gasteiger partial charge in [-0.25, -0.2) is 4.98 Å². The third-order valence-electron chi connectivity index (χ3n) is 3.23. The molecule has 6 nitrogen and oxygen atoms in total. The Morgan fingerprint density at radius 2 is 2.00 bits per heavy atom. The summed E-state index contributed by atoms with van der Waals surface area (Å²) in [7, 11) is 0. The molecule has 0 aliphatic carbocycles. The highest BCUT2D eigenvalue weighted by Crippen LogP contribution is 2.15. The number of carbonyl (C=O) groups is 1. The largest absolute Gasteiger partial charge is 0.342 e. The molecule has 6 heteroatoms. The van der Waals surface area contributed by atoms with Crippen molar-refractivity contribution >= 4 is 5.91 Å². The molecule has 0 fully saturated rings. The van der Waals surface area contributed by atoms with Crippen molar-refractivity contribution in [3.05, 3.63) is 78.6 Å². The van der Waals surface area contributed by atoms with Gasteiger partial charge in [-0.05, 0) is 11.6 Å². The van der Waals surface area contributed by atoms with Gasteiger partial charge in [-0.3, -0.25) is 14.5 Å². The number of hydrogen-bond donors (Lipinski definition) is 1. The van der Waals surface area contributed by atoms with Crippen LogP contribution >= 0.6 is 0 Å². The summed E-state index contributed by atoms with van der Waals surface area (Å²) >= 11 is 0. The van der Waals surface area contributed by atoms with Gasteiger partial charge in [0.25, 0.3) is 5.91 Å². The number of rotatable bonds is 5. The van der Waals surface area contributed by atoms with Crippen LogP contribution in [-0.4, -0.2) is 25.7 Å². The lowest BCUT2D eigenvalue weighted by Crippen LogP contribution is -2.32. The maximum absolute atomic E-state index is 12.3. The summed E-state index contributed by atoms with van der Waals surface area (Å²) in [6.45, 7) is 0.545. The number of aromatic nitrogens is 4. The van der Waals surface area contributed by atoms with E-state index in [1.165, 1.54) is 18.6 Å². The van der Waals surface area contributed by atoms with Crippen LogP contribution in [0.25, 0.3) is 0 Å². The second-order valence-electron chi connectivity index (χ2n) is 4.76. The highest BCUT2D eigenvalue weighted by atomic mass is 16.1. The minimum absolute atomic E-state index is 0.199. The highest BCUT2D eigenvalue weighted by Gasteiger charge is 2.17. The van der Waals surface area contributed by atoms with Gasteiger partial charge in [0.05, 0.1) is 18.8 Å². The molecular formula is C16H15N5O. The van der Waals surface area contributed by atoms with Gasteiger partial charge in [0.15, 0.2) is 0 Å². The number of nitrogens with one attached hydrogen (secondary N) is 1. The zero-order chi connectivity index (χ0) is 15.2. The summed E-state index contributed by atoms with van der Waals surface area (Å²) in [6.07, 6.45) is 8.07. The normalized spacial score (nSPS) is 11.8. The van der Waals surface area contributed by atoms with Gasteiger partial charge in [-0.1, -0.05) is 30.3 Å². The Morgan fingerprint density at radius 1 is 1.14 bits per heavy atom. The molecule has 1 N–H and O–H groups in total. The lowest BCUT2D eigenvalue weighted by Gasteiger charge is -2.19. The average molecular weight is 293 g/mol. The fraction of sp³-hybridized carbons (Fsp3) is 0.125. The molecule has 3 rings (SSSR count). The van der Waals surface area contributed by atoms with Gasteiger partial charge in [0, 0.05) is 24.8 Å². The van der Waals surface area contributed by atoms with E-state index in [1.54, 1.807) is 10.9 Å². The van der Waals surface area contributed by atoms with Gasteiger partial charge in [0.2, 0.25) is 0 Å². The molecule has 1 amide bonds. The predicted octanol–water partition coefficient (Wildman–Crippen LogP) is 1.84. The molecule has 110 valence electrons. The third kappa shape index (κ3) is 3.35. The lowest BCUT2D eigenvalue weighted by molar-refractivity contribution is 0.0926. The number of carbonyl (C=O) groups excluding carboxylic acids is 1. The summed E-state index contributed by atoms with van der Waals surface area (Å²) in [4.78, 5) is 20.3. The third-order valence-corrected chi connectivity index (χ3v) is 3.23. The van der Waals surface area contributed by atoms with Crippen molar-refractivity contribution in [2.45, 2.75) is 12.6 Å². The van der Waals surface area contributed by atoms with Crippen LogP contribution < -0.4 is 5.32 Å². The minimum atomic E-state index is -0.255. The Hall–Kier alpha value is -3.02. The molecule has 0 aliphatic heterocycles. The first-order valence-electron chi connectivity index (χ1n) is 6.92. The SMILES string of the molecule is O=C(N[C@H](Cn1cccn1)c1ccccc1)c1cnccn1. The first-order chi connectivity index (χ1) is 10.8. The van der Waals surface area contributed by atoms with Gasteiger partial charge < -0.3 is 5.32 Å². The minimum Gasteiger partial charge on any atom is -0.342 e. The Labute approximate surface area is 127 Å². The smallest absolute Gasteiger partial charge is 0.272 e. The molecule has 0 bridgehead atoms. The molecule has 0 aliphatic rings. The fourth-order valence-electron chi connectivity index (χ4n) is 2.16. The van der Waals surface area contributed by atoms with Crippen molar-refractivity contribution in [2.24, 2.45) is 0 Å². The maximum atomic E-state index is 12.3. The second kappa shape index (κ2) is 6.62. The molecule has 2 heterocycles. The molecular weight excluding hydrogens is 278 g/mol. The van der Waals surface area contributed by atoms with E-state index in [0.29, 0.717) is 12.2 Å². The van der Waals surface area contributed by atoms with Crippen molar-refractivity contribution in [3.63, 3.8) is 0 Å². The van der Waals surface area contributed by atoms with Crippen molar-refractivity contribution in [1.82, 2.24) is 25.1 Å². The Kier molecular flexibility index (Phi) is 4.20. The van der Waals surface area contributed by atoms with Gasteiger partial charge in [-0.2, -0.15) is 5.10 Å². The van der Waals surface area contributed by atoms with Crippen LogP contribution in [0.5, 0.6) is 0 Å². The molecule has 3 aromatic rings. The van der Waals surface area contributed by atoms with E-state index in [4.69, 9.17) is 0 Å². The predicted molar refractivity (Wildman–Crippen MR) is 80.9 cm³/mol. The van der Waals surface area contributed by atoms with Crippen LogP contribution in [0.3, 0.4) is 0 Å². The Bertz CT molecular complexity index is 713. The maximum Gasteiger partial charge on any atom is 0.272 e. The highest BCUT2D eigenvalue weighted by molar-refractivity contribution is 5.92. The fourth-order valence-corrected chi connectivity index (χ4v) is 2.16. The summed E-state index contributed by atoms with van der Waals surface area (Å²) in [5, 5.41) is 7.18. The molecule has 0 unspecified atom stereocenters. The molecule has 0 spiro atoms. The Balaban J connectivity index is 1.81. The van der Waals surface area contributed by atoms with Crippen molar-refractivity contribution in [1.29, 1.82) is 0 Å². The number of hydrogen-bond acceptors (Lipinski definition) is 4. The second-order valence-corrected chi connectivity index (χ2v) is 4.76. The van der Waals surface area contributed by atoms with Crippen LogP contribution in [0.15, 0.2) is 67.4 Å². The van der Waals surface area contributed by atoms with Gasteiger partial charge in [0.1, 0.15) is 5.69 Å². The van der Waals surface area contributed by atoms with Crippen LogP contribution in [0.4, 0.5) is 0 Å². The zero-order valence-electron chi connectivity index (χ0n) is 11.8. The first kappa shape index (κ1) is 13.9. The number of amides is 1. The van der Waals surface area contributed by atoms with Gasteiger partial charge >= 0.3 is 0 Å². The van der Waals surface area contributed by atoms with E-state index in [0.717, 1.165) is 5.56 Å². The average Bonchev–Trinajstić information content (AvgIpc) is 3.09. The number of nitrogens with zero attached hydrogens (tertiary/aromatic N) is 4. The molecule has 0 saturated heterocycles. The molecule has 1 aromatic carbocycles. The van der Waals surface area contributed by atoms with Crippen LogP contribution in [-0.2, 0) is 6.54 Å². The van der Waals surface area contributed by atoms with Crippen molar-refractivity contribution in [2.75, 3.05) is 0 Å². The topological polar surface area (TPSA) is 72.7 Å². The van der Waals surface area contributed by atoms with Crippen LogP contribution in [0, 0.1) is 0 Å². The summed E-state index contributed by atoms with van der Waals surface area (Å²) in [5.74, 6) is -0.255. The summed E-state index contributed by atoms with van der Waals surface area (Å²) < 4.78 is 1.79. The molecule has 1 atom stereocenters. The Morgan fingerprint density at radius 3 is 2.68 bits per heavy atom. The van der Waals surface area contributed by atoms with Crippen molar-refractivity contribution in [3.8, 4) is 0 Å². The first-order valence-corrected chi connectivity index (χ1v) is 6.92. The van der Waals surface area contributed by atoms with E-state index >= 15 is 0 Å². The van der Waals surface area contributed by atoms with Crippen LogP contribution in [0.2, 0.25) is 0 Å². The van der Waals surface area contributed by atoms with E-state index in [9.17, 15) is 4.79 Å². The quantitative estimate of drug-likeness (QED) is 0.779. The van der Waals surface area contributed by atoms with Crippen LogP contribution in [0.1, 0.15) is 22.1 Å². The summed E-state index contributed by atoms with van der Waals surface area (Å²) in [5.41, 5.74) is 1.30. The van der Waals surface area contributed by atoms with E-state index in [2.05, 4.69) is 20.4 Å². The van der Waals surface area contributed by atoms with E-state index < -0.39 is 0 Å². The molecule has 22 heavy (non-hydrogen) atoms. The monoisotopic (exact) mass is 293 g/mol. The molecule has 2 aromatic heterocycles.